The van der Waals surface area contributed by atoms with Crippen molar-refractivity contribution in [2.24, 2.45) is 0 Å². The fourth-order valence-corrected chi connectivity index (χ4v) is 2.51. The molecule has 0 aliphatic heterocycles. The molecule has 6 nitrogen and oxygen atoms in total. The van der Waals surface area contributed by atoms with E-state index in [-0.39, 0.29) is 11.3 Å². The first-order valence-electron chi connectivity index (χ1n) is 5.65. The van der Waals surface area contributed by atoms with Crippen molar-refractivity contribution >= 4 is 15.8 Å². The second-order valence-corrected chi connectivity index (χ2v) is 5.65. The smallest absolute Gasteiger partial charge is 0.273 e. The third-order valence-electron chi connectivity index (χ3n) is 2.72. The largest absolute Gasteiger partial charge is 0.285 e. The van der Waals surface area contributed by atoms with Gasteiger partial charge in [-0.05, 0) is 23.3 Å². The molecule has 104 valence electrons. The van der Waals surface area contributed by atoms with Crippen molar-refractivity contribution in [3.8, 4) is 11.1 Å². The van der Waals surface area contributed by atoms with Crippen LogP contribution >= 0.6 is 0 Å². The van der Waals surface area contributed by atoms with Gasteiger partial charge in [0.15, 0.2) is 0 Å². The van der Waals surface area contributed by atoms with Gasteiger partial charge in [-0.3, -0.25) is 14.7 Å². The minimum atomic E-state index is -4.34. The van der Waals surface area contributed by atoms with E-state index in [1.165, 1.54) is 12.1 Å². The molecule has 0 saturated carbocycles. The highest BCUT2D eigenvalue weighted by molar-refractivity contribution is 7.85. The summed E-state index contributed by atoms with van der Waals surface area (Å²) in [5.41, 5.74) is 1.08. The lowest BCUT2D eigenvalue weighted by Crippen LogP contribution is -2.05. The summed E-state index contributed by atoms with van der Waals surface area (Å²) in [7, 11) is -4.34. The highest BCUT2D eigenvalue weighted by Crippen LogP contribution is 2.27. The molecule has 2 aromatic carbocycles. The van der Waals surface area contributed by atoms with E-state index >= 15 is 0 Å². The maximum atomic E-state index is 11.0. The van der Waals surface area contributed by atoms with Crippen LogP contribution in [-0.2, 0) is 15.9 Å². The normalized spacial score (nSPS) is 11.2. The number of rotatable bonds is 4. The van der Waals surface area contributed by atoms with Crippen molar-refractivity contribution in [1.29, 1.82) is 0 Å². The Balaban J connectivity index is 2.54. The molecule has 0 aliphatic rings. The van der Waals surface area contributed by atoms with E-state index in [4.69, 9.17) is 4.55 Å². The fraction of sp³-hybridized carbons (Fsp3) is 0.0769. The van der Waals surface area contributed by atoms with Crippen LogP contribution in [0.2, 0.25) is 0 Å². The standard InChI is InChI=1S/C13H11NO5S/c15-14(16)13-7-6-11(10-4-2-1-3-5-10)8-12(13)9-20(17,18)19/h1-8H,9H2,(H,17,18,19). The van der Waals surface area contributed by atoms with Crippen LogP contribution in [0.4, 0.5) is 5.69 Å². The Morgan fingerprint density at radius 1 is 1.05 bits per heavy atom. The Bertz CT molecular complexity index is 741. The maximum absolute atomic E-state index is 11.0. The van der Waals surface area contributed by atoms with E-state index in [9.17, 15) is 18.5 Å². The highest BCUT2D eigenvalue weighted by Gasteiger charge is 2.19. The van der Waals surface area contributed by atoms with Crippen molar-refractivity contribution < 1.29 is 17.9 Å². The lowest BCUT2D eigenvalue weighted by molar-refractivity contribution is -0.385. The molecule has 0 saturated heterocycles. The molecule has 0 bridgehead atoms. The Morgan fingerprint density at radius 2 is 1.70 bits per heavy atom. The summed E-state index contributed by atoms with van der Waals surface area (Å²) >= 11 is 0. The van der Waals surface area contributed by atoms with E-state index in [0.717, 1.165) is 5.56 Å². The molecule has 2 rings (SSSR count). The summed E-state index contributed by atoms with van der Waals surface area (Å²) in [6.45, 7) is 0. The van der Waals surface area contributed by atoms with Gasteiger partial charge in [-0.2, -0.15) is 8.42 Å². The first-order chi connectivity index (χ1) is 9.37. The van der Waals surface area contributed by atoms with Crippen molar-refractivity contribution in [2.45, 2.75) is 5.75 Å². The summed E-state index contributed by atoms with van der Waals surface area (Å²) < 4.78 is 30.8. The predicted molar refractivity (Wildman–Crippen MR) is 73.8 cm³/mol. The van der Waals surface area contributed by atoms with E-state index in [2.05, 4.69) is 0 Å². The molecule has 0 atom stereocenters. The number of hydrogen-bond acceptors (Lipinski definition) is 4. The van der Waals surface area contributed by atoms with Crippen LogP contribution < -0.4 is 0 Å². The van der Waals surface area contributed by atoms with Crippen molar-refractivity contribution in [3.63, 3.8) is 0 Å². The third-order valence-corrected chi connectivity index (χ3v) is 3.40. The van der Waals surface area contributed by atoms with Gasteiger partial charge in [-0.15, -0.1) is 0 Å². The van der Waals surface area contributed by atoms with Gasteiger partial charge in [-0.25, -0.2) is 0 Å². The van der Waals surface area contributed by atoms with Crippen LogP contribution in [0.15, 0.2) is 48.5 Å². The topological polar surface area (TPSA) is 97.5 Å². The van der Waals surface area contributed by atoms with Gasteiger partial charge in [0, 0.05) is 11.6 Å². The molecule has 0 fully saturated rings. The van der Waals surface area contributed by atoms with E-state index in [0.29, 0.717) is 5.56 Å². The average Bonchev–Trinajstić information content (AvgIpc) is 2.37. The molecule has 1 N–H and O–H groups in total. The zero-order valence-electron chi connectivity index (χ0n) is 10.3. The minimum Gasteiger partial charge on any atom is -0.285 e. The van der Waals surface area contributed by atoms with Crippen molar-refractivity contribution in [3.05, 3.63) is 64.2 Å². The van der Waals surface area contributed by atoms with Gasteiger partial charge >= 0.3 is 0 Å². The molecular weight excluding hydrogens is 282 g/mol. The number of nitrogens with zero attached hydrogens (tertiary/aromatic N) is 1. The van der Waals surface area contributed by atoms with Crippen LogP contribution in [0.5, 0.6) is 0 Å². The van der Waals surface area contributed by atoms with Gasteiger partial charge in [0.05, 0.1) is 4.92 Å². The Labute approximate surface area is 115 Å². The van der Waals surface area contributed by atoms with Gasteiger partial charge < -0.3 is 0 Å². The Morgan fingerprint density at radius 3 is 2.25 bits per heavy atom. The fourth-order valence-electron chi connectivity index (χ4n) is 1.89. The Hall–Kier alpha value is -2.25. The minimum absolute atomic E-state index is 0.0427. The van der Waals surface area contributed by atoms with Gasteiger partial charge in [-0.1, -0.05) is 30.3 Å². The van der Waals surface area contributed by atoms with E-state index in [1.807, 2.05) is 6.07 Å². The average molecular weight is 293 g/mol. The second-order valence-electron chi connectivity index (χ2n) is 4.19. The number of benzene rings is 2. The molecule has 0 heterocycles. The summed E-state index contributed by atoms with van der Waals surface area (Å²) in [6, 6.07) is 13.2. The molecule has 0 aromatic heterocycles. The predicted octanol–water partition coefficient (Wildman–Crippen LogP) is 2.65. The van der Waals surface area contributed by atoms with Crippen LogP contribution in [0.25, 0.3) is 11.1 Å². The zero-order valence-corrected chi connectivity index (χ0v) is 11.1. The van der Waals surface area contributed by atoms with Crippen LogP contribution in [-0.4, -0.2) is 17.9 Å². The number of nitro benzene ring substituents is 1. The van der Waals surface area contributed by atoms with Crippen molar-refractivity contribution in [2.75, 3.05) is 0 Å². The van der Waals surface area contributed by atoms with Crippen LogP contribution in [0, 0.1) is 10.1 Å². The highest BCUT2D eigenvalue weighted by atomic mass is 32.2. The first-order valence-corrected chi connectivity index (χ1v) is 7.25. The SMILES string of the molecule is O=[N+]([O-])c1ccc(-c2ccccc2)cc1CS(=O)(=O)O. The second kappa shape index (κ2) is 5.40. The molecule has 0 amide bonds. The monoisotopic (exact) mass is 293 g/mol. The zero-order chi connectivity index (χ0) is 14.8. The Kier molecular flexibility index (Phi) is 3.82. The first kappa shape index (κ1) is 14.2. The summed E-state index contributed by atoms with van der Waals surface area (Å²) in [6.07, 6.45) is 0. The number of hydrogen-bond donors (Lipinski definition) is 1. The summed E-state index contributed by atoms with van der Waals surface area (Å²) in [5, 5.41) is 10.9. The molecule has 0 radical (unpaired) electrons. The van der Waals surface area contributed by atoms with Crippen LogP contribution in [0.3, 0.4) is 0 Å². The molecule has 0 spiro atoms. The van der Waals surface area contributed by atoms with Gasteiger partial charge in [0.25, 0.3) is 15.8 Å². The number of nitro groups is 1. The van der Waals surface area contributed by atoms with E-state index in [1.54, 1.807) is 30.3 Å². The van der Waals surface area contributed by atoms with E-state index < -0.39 is 20.8 Å². The molecule has 20 heavy (non-hydrogen) atoms. The molecule has 2 aromatic rings. The van der Waals surface area contributed by atoms with Crippen LogP contribution in [0.1, 0.15) is 5.56 Å². The molecular formula is C13H11NO5S. The summed E-state index contributed by atoms with van der Waals surface area (Å²) in [5.74, 6) is -0.788. The summed E-state index contributed by atoms with van der Waals surface area (Å²) in [4.78, 5) is 10.2. The van der Waals surface area contributed by atoms with Gasteiger partial charge in [0.2, 0.25) is 0 Å². The van der Waals surface area contributed by atoms with Crippen molar-refractivity contribution in [1.82, 2.24) is 0 Å². The van der Waals surface area contributed by atoms with Gasteiger partial charge in [0.1, 0.15) is 5.75 Å². The molecule has 0 unspecified atom stereocenters. The lowest BCUT2D eigenvalue weighted by atomic mass is 10.0. The lowest BCUT2D eigenvalue weighted by Gasteiger charge is -2.05. The third kappa shape index (κ3) is 3.40. The maximum Gasteiger partial charge on any atom is 0.273 e. The quantitative estimate of drug-likeness (QED) is 0.531. The molecule has 7 heteroatoms. The molecule has 0 aliphatic carbocycles.